The summed E-state index contributed by atoms with van der Waals surface area (Å²) in [7, 11) is 1.12. The molecule has 0 amide bonds. The monoisotopic (exact) mass is 413 g/mol. The van der Waals surface area contributed by atoms with Crippen molar-refractivity contribution in [3.63, 3.8) is 0 Å². The molecule has 0 spiro atoms. The molecule has 0 saturated heterocycles. The normalized spacial score (nSPS) is 11.4. The third kappa shape index (κ3) is 5.08. The van der Waals surface area contributed by atoms with Gasteiger partial charge in [-0.25, -0.2) is 9.59 Å². The highest BCUT2D eigenvalue weighted by Gasteiger charge is 2.26. The predicted molar refractivity (Wildman–Crippen MR) is 96.5 cm³/mol. The first-order valence-corrected chi connectivity index (χ1v) is 8.18. The summed E-state index contributed by atoms with van der Waals surface area (Å²) in [6.45, 7) is 1.28. The molecule has 0 bridgehead atoms. The number of rotatable bonds is 6. The Hall–Kier alpha value is -2.84. The molecule has 8 nitrogen and oxygen atoms in total. The van der Waals surface area contributed by atoms with E-state index in [-0.39, 0.29) is 16.5 Å². The van der Waals surface area contributed by atoms with Crippen LogP contribution in [-0.2, 0) is 14.3 Å². The number of nitro groups is 1. The predicted octanol–water partition coefficient (Wildman–Crippen LogP) is 4.41. The molecule has 0 saturated carbocycles. The van der Waals surface area contributed by atoms with Crippen LogP contribution in [0.1, 0.15) is 17.3 Å². The molecule has 0 heterocycles. The SMILES string of the molecule is COC(=O)C(C)OC(=O)c1cc(Oc2ccc(Cl)cc2Cl)ccc1[N+](=O)[O-]. The minimum absolute atomic E-state index is 0.0995. The lowest BCUT2D eigenvalue weighted by molar-refractivity contribution is -0.385. The number of benzene rings is 2. The van der Waals surface area contributed by atoms with Crippen LogP contribution < -0.4 is 4.74 Å². The number of halogens is 2. The zero-order chi connectivity index (χ0) is 20.1. The first-order valence-electron chi connectivity index (χ1n) is 7.43. The molecule has 0 fully saturated rings. The molecule has 142 valence electrons. The molecular weight excluding hydrogens is 401 g/mol. The van der Waals surface area contributed by atoms with Gasteiger partial charge < -0.3 is 14.2 Å². The van der Waals surface area contributed by atoms with Crippen LogP contribution in [0.25, 0.3) is 0 Å². The molecule has 1 unspecified atom stereocenters. The number of methoxy groups -OCH3 is 1. The van der Waals surface area contributed by atoms with Crippen molar-refractivity contribution < 1.29 is 28.7 Å². The third-order valence-electron chi connectivity index (χ3n) is 3.32. The Kier molecular flexibility index (Phi) is 6.59. The summed E-state index contributed by atoms with van der Waals surface area (Å²) >= 11 is 11.8. The number of hydrogen-bond donors (Lipinski definition) is 0. The van der Waals surface area contributed by atoms with E-state index >= 15 is 0 Å². The highest BCUT2D eigenvalue weighted by Crippen LogP contribution is 2.33. The minimum Gasteiger partial charge on any atom is -0.466 e. The van der Waals surface area contributed by atoms with Crippen LogP contribution in [0.5, 0.6) is 11.5 Å². The van der Waals surface area contributed by atoms with E-state index in [0.29, 0.717) is 5.02 Å². The summed E-state index contributed by atoms with van der Waals surface area (Å²) < 4.78 is 14.9. The van der Waals surface area contributed by atoms with Crippen molar-refractivity contribution in [2.75, 3.05) is 7.11 Å². The molecule has 10 heteroatoms. The van der Waals surface area contributed by atoms with Crippen LogP contribution in [-0.4, -0.2) is 30.1 Å². The van der Waals surface area contributed by atoms with E-state index in [1.165, 1.54) is 25.1 Å². The fraction of sp³-hybridized carbons (Fsp3) is 0.176. The van der Waals surface area contributed by atoms with Crippen LogP contribution in [0.15, 0.2) is 36.4 Å². The Morgan fingerprint density at radius 3 is 2.44 bits per heavy atom. The van der Waals surface area contributed by atoms with Gasteiger partial charge in [0.05, 0.1) is 17.1 Å². The fourth-order valence-corrected chi connectivity index (χ4v) is 2.47. The number of hydrogen-bond acceptors (Lipinski definition) is 7. The van der Waals surface area contributed by atoms with Crippen molar-refractivity contribution in [1.82, 2.24) is 0 Å². The van der Waals surface area contributed by atoms with Gasteiger partial charge in [-0.3, -0.25) is 10.1 Å². The molecular formula is C17H13Cl2NO7. The van der Waals surface area contributed by atoms with Crippen molar-refractivity contribution in [1.29, 1.82) is 0 Å². The second-order valence-corrected chi connectivity index (χ2v) is 6.03. The minimum atomic E-state index is -1.24. The molecule has 0 aliphatic carbocycles. The van der Waals surface area contributed by atoms with Crippen molar-refractivity contribution in [2.24, 2.45) is 0 Å². The molecule has 2 aromatic rings. The van der Waals surface area contributed by atoms with Gasteiger partial charge in [0.2, 0.25) is 0 Å². The number of ether oxygens (including phenoxy) is 3. The van der Waals surface area contributed by atoms with E-state index in [1.807, 2.05) is 0 Å². The maximum absolute atomic E-state index is 12.3. The van der Waals surface area contributed by atoms with Gasteiger partial charge in [-0.2, -0.15) is 0 Å². The molecule has 1 atom stereocenters. The Morgan fingerprint density at radius 1 is 1.15 bits per heavy atom. The smallest absolute Gasteiger partial charge is 0.346 e. The Labute approximate surface area is 163 Å². The zero-order valence-corrected chi connectivity index (χ0v) is 15.6. The van der Waals surface area contributed by atoms with E-state index in [1.54, 1.807) is 6.07 Å². The first kappa shape index (κ1) is 20.5. The number of nitrogens with zero attached hydrogens (tertiary/aromatic N) is 1. The number of carbonyl (C=O) groups excluding carboxylic acids is 2. The summed E-state index contributed by atoms with van der Waals surface area (Å²) in [6.07, 6.45) is -1.24. The average Bonchev–Trinajstić information content (AvgIpc) is 2.62. The maximum atomic E-state index is 12.3. The van der Waals surface area contributed by atoms with Gasteiger partial charge in [0.15, 0.2) is 6.10 Å². The highest BCUT2D eigenvalue weighted by atomic mass is 35.5. The van der Waals surface area contributed by atoms with Gasteiger partial charge in [0.1, 0.15) is 17.1 Å². The van der Waals surface area contributed by atoms with Gasteiger partial charge in [-0.05, 0) is 31.2 Å². The van der Waals surface area contributed by atoms with Crippen LogP contribution >= 0.6 is 23.2 Å². The van der Waals surface area contributed by atoms with E-state index in [2.05, 4.69) is 4.74 Å². The molecule has 2 aromatic carbocycles. The Morgan fingerprint density at radius 2 is 1.85 bits per heavy atom. The van der Waals surface area contributed by atoms with Gasteiger partial charge >= 0.3 is 11.9 Å². The molecule has 0 aliphatic rings. The van der Waals surface area contributed by atoms with E-state index in [4.69, 9.17) is 32.7 Å². The maximum Gasteiger partial charge on any atom is 0.346 e. The lowest BCUT2D eigenvalue weighted by Gasteiger charge is -2.12. The molecule has 27 heavy (non-hydrogen) atoms. The first-order chi connectivity index (χ1) is 12.7. The second-order valence-electron chi connectivity index (χ2n) is 5.18. The van der Waals surface area contributed by atoms with Crippen LogP contribution in [0, 0.1) is 10.1 Å². The lowest BCUT2D eigenvalue weighted by atomic mass is 10.1. The van der Waals surface area contributed by atoms with Gasteiger partial charge in [-0.15, -0.1) is 0 Å². The van der Waals surface area contributed by atoms with Crippen molar-refractivity contribution in [3.8, 4) is 11.5 Å². The number of carbonyl (C=O) groups is 2. The summed E-state index contributed by atoms with van der Waals surface area (Å²) in [5, 5.41) is 11.8. The molecule has 0 aliphatic heterocycles. The van der Waals surface area contributed by atoms with Gasteiger partial charge in [0.25, 0.3) is 5.69 Å². The molecule has 0 aromatic heterocycles. The molecule has 2 rings (SSSR count). The zero-order valence-electron chi connectivity index (χ0n) is 14.1. The fourth-order valence-electron chi connectivity index (χ4n) is 2.02. The second kappa shape index (κ2) is 8.70. The quantitative estimate of drug-likeness (QED) is 0.392. The highest BCUT2D eigenvalue weighted by molar-refractivity contribution is 6.35. The molecule has 0 radical (unpaired) electrons. The topological polar surface area (TPSA) is 105 Å². The van der Waals surface area contributed by atoms with Gasteiger partial charge in [0, 0.05) is 17.2 Å². The number of esters is 2. The summed E-state index contributed by atoms with van der Waals surface area (Å²) in [6, 6.07) is 8.00. The summed E-state index contributed by atoms with van der Waals surface area (Å²) in [5.74, 6) is -1.54. The average molecular weight is 414 g/mol. The van der Waals surface area contributed by atoms with Crippen LogP contribution in [0.4, 0.5) is 5.69 Å². The summed E-state index contributed by atoms with van der Waals surface area (Å²) in [4.78, 5) is 34.1. The number of nitro benzene ring substituents is 1. The Balaban J connectivity index is 2.34. The molecule has 0 N–H and O–H groups in total. The van der Waals surface area contributed by atoms with Crippen LogP contribution in [0.3, 0.4) is 0 Å². The van der Waals surface area contributed by atoms with E-state index in [9.17, 15) is 19.7 Å². The largest absolute Gasteiger partial charge is 0.466 e. The van der Waals surface area contributed by atoms with E-state index < -0.39 is 34.2 Å². The summed E-state index contributed by atoms with van der Waals surface area (Å²) in [5.41, 5.74) is -0.898. The van der Waals surface area contributed by atoms with Crippen molar-refractivity contribution in [3.05, 3.63) is 62.1 Å². The van der Waals surface area contributed by atoms with Crippen molar-refractivity contribution in [2.45, 2.75) is 13.0 Å². The van der Waals surface area contributed by atoms with Gasteiger partial charge in [-0.1, -0.05) is 23.2 Å². The Bertz CT molecular complexity index is 901. The van der Waals surface area contributed by atoms with E-state index in [0.717, 1.165) is 19.2 Å². The standard InChI is InChI=1S/C17H13Cl2NO7/c1-9(16(21)25-2)26-17(22)12-8-11(4-5-14(12)20(23)24)27-15-6-3-10(18)7-13(15)19/h3-9H,1-2H3. The lowest BCUT2D eigenvalue weighted by Crippen LogP contribution is -2.25. The van der Waals surface area contributed by atoms with Crippen LogP contribution in [0.2, 0.25) is 10.0 Å². The van der Waals surface area contributed by atoms with Crippen molar-refractivity contribution >= 4 is 40.8 Å². The third-order valence-corrected chi connectivity index (χ3v) is 3.85.